The van der Waals surface area contributed by atoms with Crippen LogP contribution in [0.3, 0.4) is 0 Å². The van der Waals surface area contributed by atoms with Crippen LogP contribution < -0.4 is 5.32 Å². The average molecular weight is 181 g/mol. The van der Waals surface area contributed by atoms with Gasteiger partial charge in [0.15, 0.2) is 5.75 Å². The molecule has 2 N–H and O–H groups in total. The third-order valence-electron chi connectivity index (χ3n) is 1.77. The minimum absolute atomic E-state index is 0.182. The first-order valence-electron chi connectivity index (χ1n) is 4.43. The summed E-state index contributed by atoms with van der Waals surface area (Å²) in [5.41, 5.74) is 1.23. The van der Waals surface area contributed by atoms with Crippen LogP contribution in [-0.2, 0) is 0 Å². The maximum Gasteiger partial charge on any atom is 0.223 e. The Morgan fingerprint density at radius 2 is 1.77 bits per heavy atom. The van der Waals surface area contributed by atoms with Gasteiger partial charge in [0.25, 0.3) is 0 Å². The fraction of sp³-hybridized carbons (Fsp3) is 0.556. The molecule has 0 saturated heterocycles. The minimum Gasteiger partial charge on any atom is -0.504 e. The Labute approximate surface area is 78.0 Å². The molecule has 0 amide bonds. The highest BCUT2D eigenvalue weighted by atomic mass is 16.3. The van der Waals surface area contributed by atoms with Gasteiger partial charge in [0.05, 0.1) is 11.4 Å². The molecule has 0 aromatic carbocycles. The Kier molecular flexibility index (Phi) is 3.06. The first kappa shape index (κ1) is 9.77. The molecule has 1 rings (SSSR count). The van der Waals surface area contributed by atoms with Crippen LogP contribution in [-0.4, -0.2) is 21.6 Å². The van der Waals surface area contributed by atoms with Gasteiger partial charge in [-0.15, -0.1) is 0 Å². The molecule has 13 heavy (non-hydrogen) atoms. The third kappa shape index (κ3) is 2.31. The van der Waals surface area contributed by atoms with Gasteiger partial charge in [-0.2, -0.15) is 0 Å². The molecular weight excluding hydrogens is 166 g/mol. The summed E-state index contributed by atoms with van der Waals surface area (Å²) in [5, 5.41) is 12.5. The smallest absolute Gasteiger partial charge is 0.223 e. The van der Waals surface area contributed by atoms with E-state index < -0.39 is 0 Å². The maximum atomic E-state index is 9.40. The van der Waals surface area contributed by atoms with Crippen molar-refractivity contribution in [3.63, 3.8) is 0 Å². The lowest BCUT2D eigenvalue weighted by molar-refractivity contribution is 0.459. The van der Waals surface area contributed by atoms with Crippen molar-refractivity contribution in [3.05, 3.63) is 11.4 Å². The molecule has 0 atom stereocenters. The molecule has 0 aliphatic heterocycles. The van der Waals surface area contributed by atoms with Crippen molar-refractivity contribution in [1.82, 2.24) is 9.97 Å². The number of hydrogen-bond acceptors (Lipinski definition) is 4. The molecule has 0 bridgehead atoms. The zero-order valence-electron chi connectivity index (χ0n) is 8.26. The Hall–Kier alpha value is -1.32. The molecule has 4 heteroatoms. The molecule has 0 saturated carbocycles. The predicted octanol–water partition coefficient (Wildman–Crippen LogP) is 1.62. The van der Waals surface area contributed by atoms with Crippen LogP contribution in [0.2, 0.25) is 0 Å². The summed E-state index contributed by atoms with van der Waals surface area (Å²) < 4.78 is 0. The van der Waals surface area contributed by atoms with Gasteiger partial charge in [0, 0.05) is 6.54 Å². The van der Waals surface area contributed by atoms with Gasteiger partial charge in [-0.3, -0.25) is 0 Å². The second-order valence-corrected chi connectivity index (χ2v) is 2.99. The molecular formula is C9H15N3O. The van der Waals surface area contributed by atoms with E-state index in [1.54, 1.807) is 13.8 Å². The number of aromatic nitrogens is 2. The van der Waals surface area contributed by atoms with E-state index in [0.717, 1.165) is 13.0 Å². The van der Waals surface area contributed by atoms with E-state index in [0.29, 0.717) is 17.3 Å². The quantitative estimate of drug-likeness (QED) is 0.744. The normalized spacial score (nSPS) is 10.1. The first-order valence-corrected chi connectivity index (χ1v) is 4.43. The van der Waals surface area contributed by atoms with E-state index in [-0.39, 0.29) is 5.75 Å². The molecule has 1 heterocycles. The predicted molar refractivity (Wildman–Crippen MR) is 52.0 cm³/mol. The summed E-state index contributed by atoms with van der Waals surface area (Å²) in [6, 6.07) is 0. The first-order chi connectivity index (χ1) is 6.15. The van der Waals surface area contributed by atoms with Crippen molar-refractivity contribution in [2.45, 2.75) is 27.2 Å². The van der Waals surface area contributed by atoms with Gasteiger partial charge in [-0.25, -0.2) is 9.97 Å². The van der Waals surface area contributed by atoms with Gasteiger partial charge >= 0.3 is 0 Å². The highest BCUT2D eigenvalue weighted by molar-refractivity contribution is 5.37. The van der Waals surface area contributed by atoms with Gasteiger partial charge in [0.1, 0.15) is 0 Å². The van der Waals surface area contributed by atoms with Crippen LogP contribution in [0.5, 0.6) is 5.75 Å². The monoisotopic (exact) mass is 181 g/mol. The zero-order valence-corrected chi connectivity index (χ0v) is 8.26. The van der Waals surface area contributed by atoms with Gasteiger partial charge < -0.3 is 10.4 Å². The molecule has 4 nitrogen and oxygen atoms in total. The molecule has 0 unspecified atom stereocenters. The van der Waals surface area contributed by atoms with Crippen molar-refractivity contribution in [3.8, 4) is 5.75 Å². The average Bonchev–Trinajstić information content (AvgIpc) is 2.10. The number of aromatic hydroxyl groups is 1. The fourth-order valence-corrected chi connectivity index (χ4v) is 1.03. The van der Waals surface area contributed by atoms with E-state index >= 15 is 0 Å². The summed E-state index contributed by atoms with van der Waals surface area (Å²) in [4.78, 5) is 8.20. The molecule has 0 radical (unpaired) electrons. The molecule has 1 aromatic rings. The molecule has 72 valence electrons. The SMILES string of the molecule is CCCNc1nc(C)c(O)c(C)n1. The van der Waals surface area contributed by atoms with E-state index in [1.807, 2.05) is 0 Å². The van der Waals surface area contributed by atoms with Crippen molar-refractivity contribution in [2.75, 3.05) is 11.9 Å². The van der Waals surface area contributed by atoms with Crippen molar-refractivity contribution >= 4 is 5.95 Å². The Balaban J connectivity index is 2.86. The molecule has 1 aromatic heterocycles. The van der Waals surface area contributed by atoms with Crippen LogP contribution in [0.4, 0.5) is 5.95 Å². The number of rotatable bonds is 3. The lowest BCUT2D eigenvalue weighted by Crippen LogP contribution is -2.06. The van der Waals surface area contributed by atoms with Gasteiger partial charge in [0.2, 0.25) is 5.95 Å². The van der Waals surface area contributed by atoms with Crippen molar-refractivity contribution in [1.29, 1.82) is 0 Å². The van der Waals surface area contributed by atoms with Crippen LogP contribution in [0.1, 0.15) is 24.7 Å². The van der Waals surface area contributed by atoms with Crippen LogP contribution in [0.25, 0.3) is 0 Å². The Morgan fingerprint density at radius 1 is 1.23 bits per heavy atom. The number of hydrogen-bond donors (Lipinski definition) is 2. The highest BCUT2D eigenvalue weighted by Crippen LogP contribution is 2.18. The van der Waals surface area contributed by atoms with E-state index in [9.17, 15) is 5.11 Å². The summed E-state index contributed by atoms with van der Waals surface area (Å²) in [6.07, 6.45) is 1.03. The highest BCUT2D eigenvalue weighted by Gasteiger charge is 2.05. The fourth-order valence-electron chi connectivity index (χ4n) is 1.03. The molecule has 0 fully saturated rings. The number of nitrogens with zero attached hydrogens (tertiary/aromatic N) is 2. The summed E-state index contributed by atoms with van der Waals surface area (Å²) in [6.45, 7) is 6.46. The Morgan fingerprint density at radius 3 is 2.23 bits per heavy atom. The van der Waals surface area contributed by atoms with Crippen LogP contribution in [0.15, 0.2) is 0 Å². The van der Waals surface area contributed by atoms with E-state index in [1.165, 1.54) is 0 Å². The van der Waals surface area contributed by atoms with E-state index in [2.05, 4.69) is 22.2 Å². The van der Waals surface area contributed by atoms with Crippen molar-refractivity contribution < 1.29 is 5.11 Å². The molecule has 0 aliphatic rings. The molecule has 0 aliphatic carbocycles. The Bertz CT molecular complexity index is 276. The van der Waals surface area contributed by atoms with Gasteiger partial charge in [-0.05, 0) is 20.3 Å². The van der Waals surface area contributed by atoms with Crippen molar-refractivity contribution in [2.24, 2.45) is 0 Å². The lowest BCUT2D eigenvalue weighted by atomic mass is 10.3. The standard InChI is InChI=1S/C9H15N3O/c1-4-5-10-9-11-6(2)8(13)7(3)12-9/h13H,4-5H2,1-3H3,(H,10,11,12). The lowest BCUT2D eigenvalue weighted by Gasteiger charge is -2.06. The largest absolute Gasteiger partial charge is 0.504 e. The minimum atomic E-state index is 0.182. The van der Waals surface area contributed by atoms with Gasteiger partial charge in [-0.1, -0.05) is 6.92 Å². The number of aryl methyl sites for hydroxylation is 2. The topological polar surface area (TPSA) is 58.0 Å². The number of nitrogens with one attached hydrogen (secondary N) is 1. The second kappa shape index (κ2) is 4.07. The summed E-state index contributed by atoms with van der Waals surface area (Å²) >= 11 is 0. The number of anilines is 1. The van der Waals surface area contributed by atoms with E-state index in [4.69, 9.17) is 0 Å². The summed E-state index contributed by atoms with van der Waals surface area (Å²) in [7, 11) is 0. The van der Waals surface area contributed by atoms with Crippen LogP contribution in [0, 0.1) is 13.8 Å². The summed E-state index contributed by atoms with van der Waals surface area (Å²) in [5.74, 6) is 0.775. The zero-order chi connectivity index (χ0) is 9.84. The second-order valence-electron chi connectivity index (χ2n) is 2.99. The van der Waals surface area contributed by atoms with Crippen LogP contribution >= 0.6 is 0 Å². The maximum absolute atomic E-state index is 9.40. The third-order valence-corrected chi connectivity index (χ3v) is 1.77. The molecule has 0 spiro atoms.